The lowest BCUT2D eigenvalue weighted by atomic mass is 9.78. The van der Waals surface area contributed by atoms with Crippen LogP contribution in [0.5, 0.6) is 0 Å². The van der Waals surface area contributed by atoms with Gasteiger partial charge in [-0.15, -0.1) is 0 Å². The van der Waals surface area contributed by atoms with E-state index in [0.717, 1.165) is 0 Å². The molecule has 0 bridgehead atoms. The lowest BCUT2D eigenvalue weighted by Crippen LogP contribution is -2.71. The van der Waals surface area contributed by atoms with Crippen molar-refractivity contribution in [3.8, 4) is 0 Å². The molecule has 2 aliphatic rings. The molecule has 136 valence electrons. The van der Waals surface area contributed by atoms with E-state index < -0.39 is 31.9 Å². The lowest BCUT2D eigenvalue weighted by Gasteiger charge is -2.50. The smallest absolute Gasteiger partial charge is 0.308 e. The van der Waals surface area contributed by atoms with Gasteiger partial charge in [-0.05, 0) is 31.9 Å². The molecule has 1 amide bonds. The molecule has 1 N–H and O–H groups in total. The zero-order valence-corrected chi connectivity index (χ0v) is 15.6. The molecule has 2 aliphatic heterocycles. The molecule has 1 aromatic carbocycles. The highest BCUT2D eigenvalue weighted by Gasteiger charge is 2.65. The van der Waals surface area contributed by atoms with E-state index in [-0.39, 0.29) is 31.2 Å². The van der Waals surface area contributed by atoms with E-state index >= 15 is 0 Å². The monoisotopic (exact) mass is 385 g/mol. The second-order valence-corrected chi connectivity index (χ2v) is 10.2. The fourth-order valence-corrected chi connectivity index (χ4v) is 6.63. The predicted molar refractivity (Wildman–Crippen MR) is 93.3 cm³/mol. The van der Waals surface area contributed by atoms with Crippen molar-refractivity contribution in [3.05, 3.63) is 34.9 Å². The number of aliphatic carboxylic acids is 1. The summed E-state index contributed by atoms with van der Waals surface area (Å²) < 4.78 is 23.5. The Balaban J connectivity index is 1.86. The highest BCUT2D eigenvalue weighted by Crippen LogP contribution is 2.46. The van der Waals surface area contributed by atoms with Crippen LogP contribution in [0.15, 0.2) is 24.3 Å². The van der Waals surface area contributed by atoms with Crippen molar-refractivity contribution < 1.29 is 23.1 Å². The Kier molecular flexibility index (Phi) is 4.15. The SMILES string of the molecule is CC(C)(C(=O)N1CC2(C1)C(C(=O)O)CCS2(=O)=O)c1ccccc1Cl. The number of likely N-dealkylation sites (tertiary alicyclic amines) is 1. The maximum absolute atomic E-state index is 13.0. The summed E-state index contributed by atoms with van der Waals surface area (Å²) >= 11 is 6.21. The maximum Gasteiger partial charge on any atom is 0.308 e. The van der Waals surface area contributed by atoms with E-state index in [9.17, 15) is 23.1 Å². The first-order chi connectivity index (χ1) is 11.5. The van der Waals surface area contributed by atoms with Crippen LogP contribution in [0.2, 0.25) is 5.02 Å². The molecular formula is C17H20ClNO5S. The molecule has 1 aromatic rings. The van der Waals surface area contributed by atoms with Gasteiger partial charge in [0.25, 0.3) is 0 Å². The third-order valence-electron chi connectivity index (χ3n) is 5.51. The number of hydrogen-bond donors (Lipinski definition) is 1. The van der Waals surface area contributed by atoms with Gasteiger partial charge in [0.05, 0.1) is 17.1 Å². The minimum atomic E-state index is -3.53. The summed E-state index contributed by atoms with van der Waals surface area (Å²) in [5, 5.41) is 9.83. The molecule has 3 rings (SSSR count). The Morgan fingerprint density at radius 3 is 2.44 bits per heavy atom. The van der Waals surface area contributed by atoms with E-state index in [0.29, 0.717) is 10.6 Å². The van der Waals surface area contributed by atoms with Crippen LogP contribution in [0.25, 0.3) is 0 Å². The van der Waals surface area contributed by atoms with Gasteiger partial charge in [0.15, 0.2) is 9.84 Å². The molecule has 0 radical (unpaired) electrons. The van der Waals surface area contributed by atoms with Crippen LogP contribution in [0.1, 0.15) is 25.8 Å². The first-order valence-corrected chi connectivity index (χ1v) is 10.1. The molecule has 0 saturated carbocycles. The Morgan fingerprint density at radius 1 is 1.28 bits per heavy atom. The number of amides is 1. The van der Waals surface area contributed by atoms with Gasteiger partial charge in [-0.1, -0.05) is 29.8 Å². The molecular weight excluding hydrogens is 366 g/mol. The van der Waals surface area contributed by atoms with Crippen molar-refractivity contribution in [3.63, 3.8) is 0 Å². The van der Waals surface area contributed by atoms with Crippen molar-refractivity contribution in [1.82, 2.24) is 4.90 Å². The van der Waals surface area contributed by atoms with E-state index in [1.54, 1.807) is 38.1 Å². The van der Waals surface area contributed by atoms with E-state index in [4.69, 9.17) is 11.6 Å². The Hall–Kier alpha value is -1.60. The number of nitrogens with zero attached hydrogens (tertiary/aromatic N) is 1. The molecule has 0 aliphatic carbocycles. The number of carbonyl (C=O) groups is 2. The van der Waals surface area contributed by atoms with Gasteiger partial charge in [-0.2, -0.15) is 0 Å². The fraction of sp³-hybridized carbons (Fsp3) is 0.529. The number of halogens is 1. The second-order valence-electron chi connectivity index (χ2n) is 7.33. The number of hydrogen-bond acceptors (Lipinski definition) is 4. The van der Waals surface area contributed by atoms with E-state index in [2.05, 4.69) is 0 Å². The standard InChI is InChI=1S/C17H20ClNO5S/c1-16(2,11-5-3-4-6-13(11)18)15(22)19-9-17(10-19)12(14(20)21)7-8-25(17,23)24/h3-6,12H,7-10H2,1-2H3,(H,20,21). The minimum absolute atomic E-state index is 0.0704. The predicted octanol–water partition coefficient (Wildman–Crippen LogP) is 1.72. The molecule has 2 heterocycles. The van der Waals surface area contributed by atoms with Crippen molar-refractivity contribution in [2.75, 3.05) is 18.8 Å². The zero-order valence-electron chi connectivity index (χ0n) is 14.0. The number of carboxylic acid groups (broad SMARTS) is 1. The Bertz CT molecular complexity index is 842. The van der Waals surface area contributed by atoms with Crippen molar-refractivity contribution in [2.24, 2.45) is 5.92 Å². The molecule has 6 nitrogen and oxygen atoms in total. The van der Waals surface area contributed by atoms with Crippen LogP contribution >= 0.6 is 11.6 Å². The molecule has 1 atom stereocenters. The lowest BCUT2D eigenvalue weighted by molar-refractivity contribution is -0.151. The number of sulfone groups is 1. The summed E-state index contributed by atoms with van der Waals surface area (Å²) in [6, 6.07) is 7.02. The zero-order chi connectivity index (χ0) is 18.6. The molecule has 2 fully saturated rings. The first-order valence-electron chi connectivity index (χ1n) is 8.02. The average molecular weight is 386 g/mol. The average Bonchev–Trinajstić information content (AvgIpc) is 2.76. The minimum Gasteiger partial charge on any atom is -0.481 e. The van der Waals surface area contributed by atoms with E-state index in [1.165, 1.54) is 4.90 Å². The van der Waals surface area contributed by atoms with Crippen LogP contribution in [0, 0.1) is 5.92 Å². The summed E-state index contributed by atoms with van der Waals surface area (Å²) in [7, 11) is -3.53. The number of carbonyl (C=O) groups excluding carboxylic acids is 1. The topological polar surface area (TPSA) is 91.8 Å². The fourth-order valence-electron chi connectivity index (χ4n) is 3.94. The third kappa shape index (κ3) is 2.56. The van der Waals surface area contributed by atoms with Gasteiger partial charge < -0.3 is 10.0 Å². The maximum atomic E-state index is 13.0. The summed E-state index contributed by atoms with van der Waals surface area (Å²) in [5.74, 6) is -2.46. The van der Waals surface area contributed by atoms with Crippen LogP contribution in [0.3, 0.4) is 0 Å². The number of rotatable bonds is 3. The van der Waals surface area contributed by atoms with Crippen molar-refractivity contribution in [1.29, 1.82) is 0 Å². The van der Waals surface area contributed by atoms with Crippen LogP contribution < -0.4 is 0 Å². The van der Waals surface area contributed by atoms with Crippen LogP contribution in [-0.4, -0.2) is 53.9 Å². The van der Waals surface area contributed by atoms with Gasteiger partial charge in [0.2, 0.25) is 5.91 Å². The molecule has 1 unspecified atom stereocenters. The number of carboxylic acids is 1. The molecule has 2 saturated heterocycles. The summed E-state index contributed by atoms with van der Waals surface area (Å²) in [6.45, 7) is 3.33. The van der Waals surface area contributed by atoms with Crippen LogP contribution in [-0.2, 0) is 24.8 Å². The summed E-state index contributed by atoms with van der Waals surface area (Å²) in [4.78, 5) is 25.8. The third-order valence-corrected chi connectivity index (χ3v) is 8.40. The van der Waals surface area contributed by atoms with Crippen molar-refractivity contribution in [2.45, 2.75) is 30.4 Å². The van der Waals surface area contributed by atoms with Gasteiger partial charge in [-0.3, -0.25) is 9.59 Å². The summed E-state index contributed by atoms with van der Waals surface area (Å²) in [5.41, 5.74) is -0.271. The largest absolute Gasteiger partial charge is 0.481 e. The Morgan fingerprint density at radius 2 is 1.88 bits per heavy atom. The molecule has 25 heavy (non-hydrogen) atoms. The number of benzene rings is 1. The van der Waals surface area contributed by atoms with Gasteiger partial charge in [0, 0.05) is 18.1 Å². The van der Waals surface area contributed by atoms with Gasteiger partial charge in [0.1, 0.15) is 4.75 Å². The molecule has 8 heteroatoms. The normalized spacial score (nSPS) is 24.1. The highest BCUT2D eigenvalue weighted by atomic mass is 35.5. The summed E-state index contributed by atoms with van der Waals surface area (Å²) in [6.07, 6.45) is 0.105. The van der Waals surface area contributed by atoms with E-state index in [1.807, 2.05) is 0 Å². The van der Waals surface area contributed by atoms with Gasteiger partial charge in [-0.25, -0.2) is 8.42 Å². The molecule has 1 spiro atoms. The van der Waals surface area contributed by atoms with Gasteiger partial charge >= 0.3 is 5.97 Å². The quantitative estimate of drug-likeness (QED) is 0.855. The second kappa shape index (κ2) is 5.71. The molecule has 0 aromatic heterocycles. The highest BCUT2D eigenvalue weighted by molar-refractivity contribution is 7.93. The Labute approximate surface area is 151 Å². The first kappa shape index (κ1) is 18.2. The van der Waals surface area contributed by atoms with Crippen molar-refractivity contribution >= 4 is 33.3 Å². The van der Waals surface area contributed by atoms with Crippen LogP contribution in [0.4, 0.5) is 0 Å².